The van der Waals surface area contributed by atoms with E-state index in [1.54, 1.807) is 12.1 Å². The van der Waals surface area contributed by atoms with Crippen LogP contribution in [0.3, 0.4) is 0 Å². The lowest BCUT2D eigenvalue weighted by Crippen LogP contribution is -2.09. The van der Waals surface area contributed by atoms with E-state index in [0.29, 0.717) is 24.5 Å². The van der Waals surface area contributed by atoms with Gasteiger partial charge in [0, 0.05) is 10.0 Å². The van der Waals surface area contributed by atoms with Crippen molar-refractivity contribution in [2.45, 2.75) is 0 Å². The summed E-state index contributed by atoms with van der Waals surface area (Å²) in [7, 11) is 0. The summed E-state index contributed by atoms with van der Waals surface area (Å²) in [5.41, 5.74) is 0.575. The molecule has 0 saturated carbocycles. The molecule has 0 atom stereocenters. The molecule has 2 aromatic carbocycles. The van der Waals surface area contributed by atoms with Crippen LogP contribution < -0.4 is 9.47 Å². The van der Waals surface area contributed by atoms with E-state index in [1.165, 1.54) is 0 Å². The SMILES string of the molecule is O=Cc1cc(Br)c(OCCOc2cccc(Br)c2)c(Br)c1. The summed E-state index contributed by atoms with van der Waals surface area (Å²) in [5, 5.41) is 0. The predicted octanol–water partition coefficient (Wildman–Crippen LogP) is 5.24. The van der Waals surface area contributed by atoms with Gasteiger partial charge in [0.05, 0.1) is 8.95 Å². The van der Waals surface area contributed by atoms with Gasteiger partial charge in [-0.2, -0.15) is 0 Å². The van der Waals surface area contributed by atoms with E-state index < -0.39 is 0 Å². The van der Waals surface area contributed by atoms with Gasteiger partial charge in [-0.1, -0.05) is 22.0 Å². The summed E-state index contributed by atoms with van der Waals surface area (Å²) in [6.45, 7) is 0.814. The Kier molecular flexibility index (Phi) is 6.26. The first kappa shape index (κ1) is 16.5. The Morgan fingerprint density at radius 1 is 0.952 bits per heavy atom. The maximum Gasteiger partial charge on any atom is 0.150 e. The molecule has 0 aromatic heterocycles. The zero-order valence-corrected chi connectivity index (χ0v) is 15.6. The predicted molar refractivity (Wildman–Crippen MR) is 92.4 cm³/mol. The van der Waals surface area contributed by atoms with E-state index in [4.69, 9.17) is 9.47 Å². The number of rotatable bonds is 6. The maximum atomic E-state index is 10.8. The number of benzene rings is 2. The standard InChI is InChI=1S/C15H11Br3O3/c16-11-2-1-3-12(8-11)20-4-5-21-15-13(17)6-10(9-19)7-14(15)18/h1-3,6-9H,4-5H2. The Morgan fingerprint density at radius 2 is 1.62 bits per heavy atom. The highest BCUT2D eigenvalue weighted by Crippen LogP contribution is 2.34. The van der Waals surface area contributed by atoms with Crippen molar-refractivity contribution in [3.8, 4) is 11.5 Å². The number of carbonyl (C=O) groups is 1. The van der Waals surface area contributed by atoms with Crippen LogP contribution in [-0.4, -0.2) is 19.5 Å². The normalized spacial score (nSPS) is 10.2. The van der Waals surface area contributed by atoms with Gasteiger partial charge in [-0.05, 0) is 62.2 Å². The van der Waals surface area contributed by atoms with Gasteiger partial charge in [-0.3, -0.25) is 4.79 Å². The number of aldehydes is 1. The molecule has 0 spiro atoms. The molecule has 0 amide bonds. The van der Waals surface area contributed by atoms with E-state index in [1.807, 2.05) is 24.3 Å². The van der Waals surface area contributed by atoms with Crippen LogP contribution in [0.5, 0.6) is 11.5 Å². The van der Waals surface area contributed by atoms with Crippen LogP contribution >= 0.6 is 47.8 Å². The van der Waals surface area contributed by atoms with Crippen molar-refractivity contribution in [2.24, 2.45) is 0 Å². The van der Waals surface area contributed by atoms with Gasteiger partial charge >= 0.3 is 0 Å². The molecule has 2 aromatic rings. The average Bonchev–Trinajstić information content (AvgIpc) is 2.45. The summed E-state index contributed by atoms with van der Waals surface area (Å²) < 4.78 is 13.7. The van der Waals surface area contributed by atoms with E-state index in [2.05, 4.69) is 47.8 Å². The van der Waals surface area contributed by atoms with Gasteiger partial charge in [0.2, 0.25) is 0 Å². The second-order valence-electron chi connectivity index (χ2n) is 4.09. The zero-order valence-electron chi connectivity index (χ0n) is 10.8. The second kappa shape index (κ2) is 7.96. The van der Waals surface area contributed by atoms with E-state index >= 15 is 0 Å². The minimum atomic E-state index is 0.393. The minimum absolute atomic E-state index is 0.393. The first-order valence-electron chi connectivity index (χ1n) is 6.05. The highest BCUT2D eigenvalue weighted by molar-refractivity contribution is 9.11. The molecule has 110 valence electrons. The lowest BCUT2D eigenvalue weighted by atomic mass is 10.2. The third-order valence-electron chi connectivity index (χ3n) is 2.55. The number of carbonyl (C=O) groups excluding carboxylic acids is 1. The monoisotopic (exact) mass is 476 g/mol. The van der Waals surface area contributed by atoms with Crippen molar-refractivity contribution in [3.63, 3.8) is 0 Å². The Morgan fingerprint density at radius 3 is 2.24 bits per heavy atom. The highest BCUT2D eigenvalue weighted by atomic mass is 79.9. The van der Waals surface area contributed by atoms with Crippen LogP contribution in [-0.2, 0) is 0 Å². The molecule has 3 nitrogen and oxygen atoms in total. The Hall–Kier alpha value is -0.850. The smallest absolute Gasteiger partial charge is 0.150 e. The molecule has 6 heteroatoms. The largest absolute Gasteiger partial charge is 0.490 e. The van der Waals surface area contributed by atoms with Gasteiger partial charge in [-0.25, -0.2) is 0 Å². The molecule has 0 aliphatic rings. The van der Waals surface area contributed by atoms with Gasteiger partial charge in [0.1, 0.15) is 31.0 Å². The fourth-order valence-corrected chi connectivity index (χ4v) is 3.47. The second-order valence-corrected chi connectivity index (χ2v) is 6.71. The number of hydrogen-bond acceptors (Lipinski definition) is 3. The molecule has 21 heavy (non-hydrogen) atoms. The lowest BCUT2D eigenvalue weighted by Gasteiger charge is -2.12. The number of ether oxygens (including phenoxy) is 2. The molecule has 2 rings (SSSR count). The number of halogens is 3. The molecule has 0 aliphatic heterocycles. The van der Waals surface area contributed by atoms with Crippen LogP contribution in [0, 0.1) is 0 Å². The van der Waals surface area contributed by atoms with Crippen LogP contribution in [0.4, 0.5) is 0 Å². The van der Waals surface area contributed by atoms with Crippen molar-refractivity contribution in [1.29, 1.82) is 0 Å². The molecule has 0 aliphatic carbocycles. The zero-order chi connectivity index (χ0) is 15.2. The fourth-order valence-electron chi connectivity index (χ4n) is 1.65. The Bertz CT molecular complexity index is 621. The minimum Gasteiger partial charge on any atom is -0.490 e. The summed E-state index contributed by atoms with van der Waals surface area (Å²) >= 11 is 10.2. The summed E-state index contributed by atoms with van der Waals surface area (Å²) in [6.07, 6.45) is 0.787. The molecule has 0 unspecified atom stereocenters. The highest BCUT2D eigenvalue weighted by Gasteiger charge is 2.09. The van der Waals surface area contributed by atoms with E-state index in [0.717, 1.165) is 25.5 Å². The first-order valence-corrected chi connectivity index (χ1v) is 8.43. The van der Waals surface area contributed by atoms with Crippen molar-refractivity contribution in [3.05, 3.63) is 55.4 Å². The van der Waals surface area contributed by atoms with Crippen LogP contribution in [0.15, 0.2) is 49.8 Å². The topological polar surface area (TPSA) is 35.5 Å². The molecule has 0 radical (unpaired) electrons. The molecule has 0 bridgehead atoms. The molecule has 0 saturated heterocycles. The van der Waals surface area contributed by atoms with Crippen LogP contribution in [0.25, 0.3) is 0 Å². The third kappa shape index (κ3) is 4.83. The van der Waals surface area contributed by atoms with Gasteiger partial charge in [0.25, 0.3) is 0 Å². The first-order chi connectivity index (χ1) is 10.1. The molecule has 0 N–H and O–H groups in total. The molecule has 0 fully saturated rings. The van der Waals surface area contributed by atoms with Gasteiger partial charge in [-0.15, -0.1) is 0 Å². The molecule has 0 heterocycles. The van der Waals surface area contributed by atoms with Crippen molar-refractivity contribution < 1.29 is 14.3 Å². The molecular formula is C15H11Br3O3. The van der Waals surface area contributed by atoms with E-state index in [-0.39, 0.29) is 0 Å². The van der Waals surface area contributed by atoms with Gasteiger partial charge in [0.15, 0.2) is 0 Å². The summed E-state index contributed by atoms with van der Waals surface area (Å²) in [5.74, 6) is 1.43. The fraction of sp³-hybridized carbons (Fsp3) is 0.133. The maximum absolute atomic E-state index is 10.8. The summed E-state index contributed by atoms with van der Waals surface area (Å²) in [6, 6.07) is 11.0. The average molecular weight is 479 g/mol. The van der Waals surface area contributed by atoms with E-state index in [9.17, 15) is 4.79 Å². The quantitative estimate of drug-likeness (QED) is 0.420. The third-order valence-corrected chi connectivity index (χ3v) is 4.22. The van der Waals surface area contributed by atoms with Crippen molar-refractivity contribution in [2.75, 3.05) is 13.2 Å². The van der Waals surface area contributed by atoms with Crippen LogP contribution in [0.1, 0.15) is 10.4 Å². The Labute approximate surface area is 148 Å². The van der Waals surface area contributed by atoms with Crippen molar-refractivity contribution >= 4 is 54.1 Å². The van der Waals surface area contributed by atoms with Crippen LogP contribution in [0.2, 0.25) is 0 Å². The lowest BCUT2D eigenvalue weighted by molar-refractivity contribution is 0.112. The number of hydrogen-bond donors (Lipinski definition) is 0. The van der Waals surface area contributed by atoms with Crippen molar-refractivity contribution in [1.82, 2.24) is 0 Å². The Balaban J connectivity index is 1.90. The summed E-state index contributed by atoms with van der Waals surface area (Å²) in [4.78, 5) is 10.8. The van der Waals surface area contributed by atoms with Gasteiger partial charge < -0.3 is 9.47 Å². The molecular weight excluding hydrogens is 468 g/mol.